The molecule has 1 saturated heterocycles. The van der Waals surface area contributed by atoms with Gasteiger partial charge in [0.1, 0.15) is 0 Å². The first-order valence-electron chi connectivity index (χ1n) is 9.36. The highest BCUT2D eigenvalue weighted by Gasteiger charge is 2.21. The van der Waals surface area contributed by atoms with Crippen molar-refractivity contribution in [3.8, 4) is 0 Å². The zero-order valence-electron chi connectivity index (χ0n) is 16.4. The van der Waals surface area contributed by atoms with Crippen LogP contribution in [0.1, 0.15) is 24.8 Å². The number of halogens is 3. The first kappa shape index (κ1) is 25.3. The third kappa shape index (κ3) is 8.71. The number of carbonyl (C=O) groups excluding carboxylic acids is 1. The maximum absolute atomic E-state index is 11.5. The Morgan fingerprint density at radius 2 is 2.00 bits per heavy atom. The fourth-order valence-corrected chi connectivity index (χ4v) is 3.62. The van der Waals surface area contributed by atoms with Gasteiger partial charge < -0.3 is 16.0 Å². The maximum atomic E-state index is 11.5. The van der Waals surface area contributed by atoms with Gasteiger partial charge in [-0.1, -0.05) is 29.3 Å². The number of aliphatic imine (C=N–C) groups is 1. The summed E-state index contributed by atoms with van der Waals surface area (Å²) < 4.78 is 0. The monoisotopic (exact) mass is 541 g/mol. The van der Waals surface area contributed by atoms with Crippen LogP contribution in [0.3, 0.4) is 0 Å². The Kier molecular flexibility index (Phi) is 12.1. The summed E-state index contributed by atoms with van der Waals surface area (Å²) >= 11 is 12.1. The zero-order chi connectivity index (χ0) is 19.6. The van der Waals surface area contributed by atoms with Crippen molar-refractivity contribution in [3.63, 3.8) is 0 Å². The minimum atomic E-state index is 0. The van der Waals surface area contributed by atoms with Gasteiger partial charge in [-0.15, -0.1) is 24.0 Å². The number of aryl methyl sites for hydroxylation is 1. The molecule has 1 aromatic rings. The summed E-state index contributed by atoms with van der Waals surface area (Å²) in [7, 11) is 3.46. The van der Waals surface area contributed by atoms with Crippen molar-refractivity contribution < 1.29 is 4.79 Å². The minimum Gasteiger partial charge on any atom is -0.358 e. The summed E-state index contributed by atoms with van der Waals surface area (Å²) in [5.41, 5.74) is 1.11. The van der Waals surface area contributed by atoms with E-state index in [1.165, 1.54) is 0 Å². The van der Waals surface area contributed by atoms with Gasteiger partial charge in [0, 0.05) is 49.8 Å². The molecule has 1 amide bonds. The van der Waals surface area contributed by atoms with Crippen LogP contribution in [0.25, 0.3) is 0 Å². The first-order valence-corrected chi connectivity index (χ1v) is 10.1. The molecule has 1 aliphatic rings. The Labute approximate surface area is 194 Å². The van der Waals surface area contributed by atoms with Gasteiger partial charge in [0.25, 0.3) is 0 Å². The summed E-state index contributed by atoms with van der Waals surface area (Å²) in [5.74, 6) is 0.890. The predicted molar refractivity (Wildman–Crippen MR) is 128 cm³/mol. The fraction of sp³-hybridized carbons (Fsp3) is 0.579. The summed E-state index contributed by atoms with van der Waals surface area (Å²) in [6, 6.07) is 6.00. The summed E-state index contributed by atoms with van der Waals surface area (Å²) in [5, 5.41) is 10.9. The lowest BCUT2D eigenvalue weighted by Crippen LogP contribution is -2.50. The van der Waals surface area contributed by atoms with Crippen LogP contribution in [0.15, 0.2) is 23.2 Å². The predicted octanol–water partition coefficient (Wildman–Crippen LogP) is 2.92. The summed E-state index contributed by atoms with van der Waals surface area (Å²) in [6.07, 6.45) is 3.83. The van der Waals surface area contributed by atoms with E-state index < -0.39 is 0 Å². The van der Waals surface area contributed by atoms with E-state index in [-0.39, 0.29) is 29.9 Å². The normalized spacial score (nSPS) is 15.6. The quantitative estimate of drug-likeness (QED) is 0.215. The van der Waals surface area contributed by atoms with E-state index in [2.05, 4.69) is 25.8 Å². The van der Waals surface area contributed by atoms with E-state index in [9.17, 15) is 4.79 Å². The number of likely N-dealkylation sites (N-methyl/N-ethyl adjacent to an activating group) is 1. The molecule has 0 spiro atoms. The molecule has 1 fully saturated rings. The number of rotatable bonds is 7. The zero-order valence-corrected chi connectivity index (χ0v) is 20.3. The van der Waals surface area contributed by atoms with Crippen molar-refractivity contribution in [2.75, 3.05) is 40.3 Å². The van der Waals surface area contributed by atoms with Crippen molar-refractivity contribution in [2.45, 2.75) is 31.7 Å². The number of guanidine groups is 1. The van der Waals surface area contributed by atoms with Gasteiger partial charge in [-0.3, -0.25) is 14.7 Å². The van der Waals surface area contributed by atoms with Crippen LogP contribution in [0, 0.1) is 0 Å². The molecule has 0 aromatic heterocycles. The van der Waals surface area contributed by atoms with Crippen LogP contribution in [0.5, 0.6) is 0 Å². The lowest BCUT2D eigenvalue weighted by atomic mass is 10.1. The molecule has 9 heteroatoms. The largest absolute Gasteiger partial charge is 0.358 e. The molecule has 1 aliphatic heterocycles. The van der Waals surface area contributed by atoms with E-state index >= 15 is 0 Å². The van der Waals surface area contributed by atoms with Crippen LogP contribution in [0.4, 0.5) is 0 Å². The topological polar surface area (TPSA) is 68.8 Å². The average Bonchev–Trinajstić information content (AvgIpc) is 2.66. The van der Waals surface area contributed by atoms with Crippen molar-refractivity contribution in [3.05, 3.63) is 33.8 Å². The Morgan fingerprint density at radius 1 is 1.29 bits per heavy atom. The van der Waals surface area contributed by atoms with Crippen molar-refractivity contribution in [2.24, 2.45) is 4.99 Å². The highest BCUT2D eigenvalue weighted by atomic mass is 127. The standard InChI is InChI=1S/C19H29Cl2N5O.HI/c1-22-18(27)13-26-10-7-16(8-11-26)25-19(23-2)24-9-3-4-14-5-6-15(20)12-17(14)21;/h5-6,12,16H,3-4,7-11,13H2,1-2H3,(H,22,27)(H2,23,24,25);1H. The van der Waals surface area contributed by atoms with E-state index in [0.717, 1.165) is 56.8 Å². The Hall–Kier alpha value is -0.770. The molecule has 0 unspecified atom stereocenters. The van der Waals surface area contributed by atoms with E-state index in [1.807, 2.05) is 12.1 Å². The number of benzene rings is 1. The fourth-order valence-electron chi connectivity index (χ4n) is 3.12. The molecule has 1 aromatic carbocycles. The van der Waals surface area contributed by atoms with Gasteiger partial charge in [-0.2, -0.15) is 0 Å². The van der Waals surface area contributed by atoms with Crippen molar-refractivity contribution in [1.29, 1.82) is 0 Å². The summed E-state index contributed by atoms with van der Waals surface area (Å²) in [6.45, 7) is 3.12. The number of piperidine rings is 1. The molecule has 0 radical (unpaired) electrons. The average molecular weight is 542 g/mol. The molecule has 28 heavy (non-hydrogen) atoms. The Bertz CT molecular complexity index is 651. The van der Waals surface area contributed by atoms with Gasteiger partial charge in [-0.05, 0) is 43.4 Å². The van der Waals surface area contributed by atoms with E-state index in [4.69, 9.17) is 23.2 Å². The van der Waals surface area contributed by atoms with E-state index in [1.54, 1.807) is 20.2 Å². The van der Waals surface area contributed by atoms with Crippen LogP contribution in [-0.2, 0) is 11.2 Å². The highest BCUT2D eigenvalue weighted by molar-refractivity contribution is 14.0. The molecule has 6 nitrogen and oxygen atoms in total. The minimum absolute atomic E-state index is 0. The highest BCUT2D eigenvalue weighted by Crippen LogP contribution is 2.21. The number of hydrogen-bond acceptors (Lipinski definition) is 3. The first-order chi connectivity index (χ1) is 13.0. The van der Waals surface area contributed by atoms with Crippen molar-refractivity contribution >= 4 is 59.0 Å². The summed E-state index contributed by atoms with van der Waals surface area (Å²) in [4.78, 5) is 18.0. The Balaban J connectivity index is 0.00000392. The third-order valence-corrected chi connectivity index (χ3v) is 5.32. The number of nitrogens with zero attached hydrogens (tertiary/aromatic N) is 2. The van der Waals surface area contributed by atoms with Gasteiger partial charge in [0.2, 0.25) is 5.91 Å². The Morgan fingerprint density at radius 3 is 2.61 bits per heavy atom. The number of likely N-dealkylation sites (tertiary alicyclic amines) is 1. The lowest BCUT2D eigenvalue weighted by Gasteiger charge is -2.32. The van der Waals surface area contributed by atoms with Gasteiger partial charge in [0.05, 0.1) is 6.54 Å². The van der Waals surface area contributed by atoms with E-state index in [0.29, 0.717) is 22.6 Å². The van der Waals surface area contributed by atoms with Crippen molar-refractivity contribution in [1.82, 2.24) is 20.9 Å². The van der Waals surface area contributed by atoms with Crippen LogP contribution in [-0.4, -0.2) is 63.1 Å². The maximum Gasteiger partial charge on any atom is 0.233 e. The molecule has 0 bridgehead atoms. The van der Waals surface area contributed by atoms with Gasteiger partial charge in [-0.25, -0.2) is 0 Å². The second kappa shape index (κ2) is 13.5. The molecule has 158 valence electrons. The number of nitrogens with one attached hydrogen (secondary N) is 3. The number of carbonyl (C=O) groups is 1. The second-order valence-electron chi connectivity index (χ2n) is 6.71. The lowest BCUT2D eigenvalue weighted by molar-refractivity contribution is -0.122. The van der Waals surface area contributed by atoms with Crippen LogP contribution < -0.4 is 16.0 Å². The number of amides is 1. The molecule has 0 aliphatic carbocycles. The molecular formula is C19H30Cl2IN5O. The smallest absolute Gasteiger partial charge is 0.233 e. The SMILES string of the molecule is CN=C(NCCCc1ccc(Cl)cc1Cl)NC1CCN(CC(=O)NC)CC1.I. The molecule has 0 atom stereocenters. The molecular weight excluding hydrogens is 512 g/mol. The molecule has 1 heterocycles. The molecule has 2 rings (SSSR count). The molecule has 0 saturated carbocycles. The molecule has 3 N–H and O–H groups in total. The van der Waals surface area contributed by atoms with Gasteiger partial charge in [0.15, 0.2) is 5.96 Å². The third-order valence-electron chi connectivity index (χ3n) is 4.73. The number of hydrogen-bond donors (Lipinski definition) is 3. The van der Waals surface area contributed by atoms with Gasteiger partial charge >= 0.3 is 0 Å². The van der Waals surface area contributed by atoms with Crippen LogP contribution >= 0.6 is 47.2 Å². The van der Waals surface area contributed by atoms with Crippen LogP contribution in [0.2, 0.25) is 10.0 Å². The second-order valence-corrected chi connectivity index (χ2v) is 7.55.